The molecule has 1 unspecified atom stereocenters. The van der Waals surface area contributed by atoms with Crippen LogP contribution < -0.4 is 0 Å². The summed E-state index contributed by atoms with van der Waals surface area (Å²) in [7, 11) is -3.02. The summed E-state index contributed by atoms with van der Waals surface area (Å²) in [5.74, 6) is 2.08. The quantitative estimate of drug-likeness (QED) is 0.792. The topological polar surface area (TPSA) is 40.6 Å². The minimum atomic E-state index is -3.02. The van der Waals surface area contributed by atoms with E-state index in [1.54, 1.807) is 0 Å². The number of likely N-dealkylation sites (tertiary alicyclic amines) is 1. The summed E-state index contributed by atoms with van der Waals surface area (Å²) in [5.41, 5.74) is 0. The van der Waals surface area contributed by atoms with Crippen LogP contribution in [0, 0.1) is 0 Å². The maximum absolute atomic E-state index is 12.7. The van der Waals surface area contributed by atoms with Crippen LogP contribution in [0.15, 0.2) is 0 Å². The predicted molar refractivity (Wildman–Crippen MR) is 84.7 cm³/mol. The molecule has 0 N–H and O–H groups in total. The molecule has 0 radical (unpaired) electrons. The average Bonchev–Trinajstić information content (AvgIpc) is 3.27. The third kappa shape index (κ3) is 3.51. The van der Waals surface area contributed by atoms with Crippen LogP contribution in [0.4, 0.5) is 0 Å². The van der Waals surface area contributed by atoms with Gasteiger partial charge >= 0.3 is 0 Å². The van der Waals surface area contributed by atoms with Crippen molar-refractivity contribution in [3.63, 3.8) is 0 Å². The van der Waals surface area contributed by atoms with Gasteiger partial charge in [-0.2, -0.15) is 16.1 Å². The van der Waals surface area contributed by atoms with E-state index in [1.807, 2.05) is 16.1 Å². The molecule has 0 amide bonds. The minimum Gasteiger partial charge on any atom is -0.302 e. The molecule has 2 heterocycles. The maximum Gasteiger partial charge on any atom is 0.217 e. The third-order valence-corrected chi connectivity index (χ3v) is 8.22. The van der Waals surface area contributed by atoms with Crippen molar-refractivity contribution in [3.05, 3.63) is 0 Å². The highest BCUT2D eigenvalue weighted by Crippen LogP contribution is 2.33. The molecule has 2 aliphatic heterocycles. The van der Waals surface area contributed by atoms with E-state index in [1.165, 1.54) is 19.3 Å². The van der Waals surface area contributed by atoms with Gasteiger partial charge in [-0.15, -0.1) is 0 Å². The zero-order chi connectivity index (χ0) is 14.0. The van der Waals surface area contributed by atoms with Gasteiger partial charge in [0.2, 0.25) is 10.0 Å². The molecule has 20 heavy (non-hydrogen) atoms. The highest BCUT2D eigenvalue weighted by atomic mass is 32.2. The molecule has 1 aliphatic carbocycles. The molecule has 116 valence electrons. The number of sulfonamides is 1. The lowest BCUT2D eigenvalue weighted by molar-refractivity contribution is 0.183. The van der Waals surface area contributed by atoms with E-state index in [-0.39, 0.29) is 11.3 Å². The second kappa shape index (κ2) is 6.55. The van der Waals surface area contributed by atoms with Gasteiger partial charge in [-0.1, -0.05) is 6.42 Å². The van der Waals surface area contributed by atoms with E-state index in [0.717, 1.165) is 56.9 Å². The summed E-state index contributed by atoms with van der Waals surface area (Å²) >= 11 is 1.93. The third-order valence-electron chi connectivity index (χ3n) is 4.57. The van der Waals surface area contributed by atoms with Crippen molar-refractivity contribution in [2.24, 2.45) is 0 Å². The highest BCUT2D eigenvalue weighted by Gasteiger charge is 2.43. The van der Waals surface area contributed by atoms with Gasteiger partial charge in [0.1, 0.15) is 0 Å². The van der Waals surface area contributed by atoms with E-state index in [4.69, 9.17) is 0 Å². The lowest BCUT2D eigenvalue weighted by Gasteiger charge is -2.35. The van der Waals surface area contributed by atoms with Gasteiger partial charge in [-0.25, -0.2) is 8.42 Å². The van der Waals surface area contributed by atoms with E-state index in [2.05, 4.69) is 4.90 Å². The van der Waals surface area contributed by atoms with E-state index >= 15 is 0 Å². The standard InChI is InChI=1S/C14H26N2O2S2/c17-20(18,14-5-6-14)16-9-4-10-19-12-13(16)11-15-7-2-1-3-8-15/h13-14H,1-12H2. The molecule has 0 aromatic rings. The van der Waals surface area contributed by atoms with E-state index < -0.39 is 10.0 Å². The molecule has 6 heteroatoms. The first kappa shape index (κ1) is 15.1. The molecule has 4 nitrogen and oxygen atoms in total. The molecule has 0 spiro atoms. The van der Waals surface area contributed by atoms with Gasteiger partial charge in [-0.3, -0.25) is 0 Å². The molecule has 0 bridgehead atoms. The number of nitrogens with zero attached hydrogens (tertiary/aromatic N) is 2. The Kier molecular flexibility index (Phi) is 4.95. The lowest BCUT2D eigenvalue weighted by Crippen LogP contribution is -2.49. The first-order chi connectivity index (χ1) is 9.68. The van der Waals surface area contributed by atoms with Gasteiger partial charge in [0, 0.05) is 24.9 Å². The van der Waals surface area contributed by atoms with E-state index in [9.17, 15) is 8.42 Å². The fourth-order valence-electron chi connectivity index (χ4n) is 3.28. The Morgan fingerprint density at radius 2 is 1.75 bits per heavy atom. The number of rotatable bonds is 4. The average molecular weight is 319 g/mol. The van der Waals surface area contributed by atoms with Crippen molar-refractivity contribution >= 4 is 21.8 Å². The zero-order valence-electron chi connectivity index (χ0n) is 12.2. The monoisotopic (exact) mass is 318 g/mol. The molecule has 1 atom stereocenters. The molecule has 3 rings (SSSR count). The Morgan fingerprint density at radius 1 is 1.00 bits per heavy atom. The summed E-state index contributed by atoms with van der Waals surface area (Å²) in [6, 6.07) is 0.200. The number of piperidine rings is 1. The Labute approximate surface area is 127 Å². The van der Waals surface area contributed by atoms with Crippen molar-refractivity contribution in [1.82, 2.24) is 9.21 Å². The molecule has 1 saturated carbocycles. The van der Waals surface area contributed by atoms with Crippen molar-refractivity contribution in [3.8, 4) is 0 Å². The van der Waals surface area contributed by atoms with Gasteiger partial charge in [-0.05, 0) is 50.9 Å². The van der Waals surface area contributed by atoms with Gasteiger partial charge in [0.15, 0.2) is 0 Å². The van der Waals surface area contributed by atoms with Gasteiger partial charge in [0.25, 0.3) is 0 Å². The molecular weight excluding hydrogens is 292 g/mol. The second-order valence-electron chi connectivity index (χ2n) is 6.30. The molecule has 3 fully saturated rings. The predicted octanol–water partition coefficient (Wildman–Crippen LogP) is 1.77. The molecular formula is C14H26N2O2S2. The zero-order valence-corrected chi connectivity index (χ0v) is 13.8. The van der Waals surface area contributed by atoms with E-state index in [0.29, 0.717) is 0 Å². The second-order valence-corrected chi connectivity index (χ2v) is 9.61. The van der Waals surface area contributed by atoms with Crippen LogP contribution in [0.5, 0.6) is 0 Å². The fraction of sp³-hybridized carbons (Fsp3) is 1.00. The smallest absolute Gasteiger partial charge is 0.217 e. The number of hydrogen-bond donors (Lipinski definition) is 0. The van der Waals surface area contributed by atoms with Crippen molar-refractivity contribution in [2.75, 3.05) is 37.7 Å². The molecule has 0 aromatic carbocycles. The Hall–Kier alpha value is 0.220. The van der Waals surface area contributed by atoms with Crippen LogP contribution in [-0.4, -0.2) is 66.6 Å². The Bertz CT molecular complexity index is 417. The van der Waals surface area contributed by atoms with Crippen LogP contribution in [-0.2, 0) is 10.0 Å². The van der Waals surface area contributed by atoms with Crippen molar-refractivity contribution in [1.29, 1.82) is 0 Å². The first-order valence-electron chi connectivity index (χ1n) is 7.99. The van der Waals surface area contributed by atoms with Crippen LogP contribution >= 0.6 is 11.8 Å². The number of hydrogen-bond acceptors (Lipinski definition) is 4. The molecule has 2 saturated heterocycles. The van der Waals surface area contributed by atoms with Crippen LogP contribution in [0.2, 0.25) is 0 Å². The lowest BCUT2D eigenvalue weighted by atomic mass is 10.1. The maximum atomic E-state index is 12.7. The van der Waals surface area contributed by atoms with Crippen LogP contribution in [0.3, 0.4) is 0 Å². The summed E-state index contributed by atoms with van der Waals surface area (Å²) in [4.78, 5) is 2.48. The van der Waals surface area contributed by atoms with Crippen molar-refractivity contribution < 1.29 is 8.42 Å². The fourth-order valence-corrected chi connectivity index (χ4v) is 6.49. The molecule has 3 aliphatic rings. The van der Waals surface area contributed by atoms with Crippen molar-refractivity contribution in [2.45, 2.75) is 49.8 Å². The van der Waals surface area contributed by atoms with Gasteiger partial charge < -0.3 is 4.90 Å². The van der Waals surface area contributed by atoms with Gasteiger partial charge in [0.05, 0.1) is 5.25 Å². The minimum absolute atomic E-state index is 0.0607. The largest absolute Gasteiger partial charge is 0.302 e. The first-order valence-corrected chi connectivity index (χ1v) is 10.6. The SMILES string of the molecule is O=S(=O)(C1CC1)N1CCCSCC1CN1CCCCC1. The summed E-state index contributed by atoms with van der Waals surface area (Å²) in [6.07, 6.45) is 6.64. The highest BCUT2D eigenvalue weighted by molar-refractivity contribution is 7.99. The van der Waals surface area contributed by atoms with Crippen LogP contribution in [0.1, 0.15) is 38.5 Å². The Balaban J connectivity index is 1.70. The Morgan fingerprint density at radius 3 is 2.45 bits per heavy atom. The number of thioether (sulfide) groups is 1. The van der Waals surface area contributed by atoms with Crippen LogP contribution in [0.25, 0.3) is 0 Å². The summed E-state index contributed by atoms with van der Waals surface area (Å²) in [6.45, 7) is 3.99. The normalized spacial score (nSPS) is 31.1. The molecule has 0 aromatic heterocycles. The summed E-state index contributed by atoms with van der Waals surface area (Å²) in [5, 5.41) is -0.0607. The summed E-state index contributed by atoms with van der Waals surface area (Å²) < 4.78 is 27.2.